The van der Waals surface area contributed by atoms with Crippen LogP contribution in [0.1, 0.15) is 17.1 Å². The molecule has 4 nitrogen and oxygen atoms in total. The molecule has 106 valence electrons. The highest BCUT2D eigenvalue weighted by Gasteiger charge is 2.08. The van der Waals surface area contributed by atoms with E-state index in [2.05, 4.69) is 25.9 Å². The molecule has 1 aromatic heterocycles. The van der Waals surface area contributed by atoms with E-state index in [1.165, 1.54) is 0 Å². The Morgan fingerprint density at radius 2 is 2.05 bits per heavy atom. The molecule has 2 aromatic rings. The van der Waals surface area contributed by atoms with Crippen molar-refractivity contribution in [1.29, 1.82) is 0 Å². The fourth-order valence-electron chi connectivity index (χ4n) is 1.83. The van der Waals surface area contributed by atoms with Crippen molar-refractivity contribution in [3.63, 3.8) is 0 Å². The van der Waals surface area contributed by atoms with E-state index >= 15 is 0 Å². The zero-order valence-corrected chi connectivity index (χ0v) is 13.4. The monoisotopic (exact) mass is 354 g/mol. The summed E-state index contributed by atoms with van der Waals surface area (Å²) in [7, 11) is 0. The number of nitrogens with one attached hydrogen (secondary N) is 1. The zero-order chi connectivity index (χ0) is 14.5. The van der Waals surface area contributed by atoms with Crippen LogP contribution >= 0.6 is 27.7 Å². The molecule has 20 heavy (non-hydrogen) atoms. The molecule has 0 amide bonds. The predicted molar refractivity (Wildman–Crippen MR) is 84.1 cm³/mol. The summed E-state index contributed by atoms with van der Waals surface area (Å²) in [6.07, 6.45) is 0.342. The van der Waals surface area contributed by atoms with Gasteiger partial charge < -0.3 is 10.1 Å². The minimum atomic E-state index is -0.155. The highest BCUT2D eigenvalue weighted by molar-refractivity contribution is 9.10. The van der Waals surface area contributed by atoms with E-state index in [-0.39, 0.29) is 12.2 Å². The van der Waals surface area contributed by atoms with Crippen molar-refractivity contribution in [3.05, 3.63) is 56.2 Å². The summed E-state index contributed by atoms with van der Waals surface area (Å²) in [6.45, 7) is 1.76. The lowest BCUT2D eigenvalue weighted by Gasteiger charge is -2.06. The Kier molecular flexibility index (Phi) is 5.39. The highest BCUT2D eigenvalue weighted by atomic mass is 79.9. The third kappa shape index (κ3) is 3.94. The highest BCUT2D eigenvalue weighted by Crippen LogP contribution is 2.23. The van der Waals surface area contributed by atoms with Gasteiger partial charge in [-0.05, 0) is 31.2 Å². The molecule has 6 heteroatoms. The summed E-state index contributed by atoms with van der Waals surface area (Å²) in [4.78, 5) is 20.2. The lowest BCUT2D eigenvalue weighted by atomic mass is 10.2. The minimum absolute atomic E-state index is 0.0431. The summed E-state index contributed by atoms with van der Waals surface area (Å²) in [5, 5.41) is 8.92. The van der Waals surface area contributed by atoms with Crippen LogP contribution in [-0.2, 0) is 12.2 Å². The molecule has 0 aliphatic carbocycles. The second-order valence-corrected chi connectivity index (χ2v) is 6.26. The van der Waals surface area contributed by atoms with E-state index in [4.69, 9.17) is 5.11 Å². The van der Waals surface area contributed by atoms with E-state index in [1.54, 1.807) is 18.7 Å². The first-order valence-corrected chi connectivity index (χ1v) is 7.96. The van der Waals surface area contributed by atoms with Crippen molar-refractivity contribution in [1.82, 2.24) is 9.97 Å². The first kappa shape index (κ1) is 15.3. The van der Waals surface area contributed by atoms with Crippen molar-refractivity contribution in [2.75, 3.05) is 6.61 Å². The van der Waals surface area contributed by atoms with Crippen molar-refractivity contribution < 1.29 is 5.11 Å². The minimum Gasteiger partial charge on any atom is -0.396 e. The van der Waals surface area contributed by atoms with Crippen LogP contribution < -0.4 is 5.56 Å². The molecule has 0 bridgehead atoms. The molecule has 0 saturated heterocycles. The van der Waals surface area contributed by atoms with Crippen LogP contribution in [0.3, 0.4) is 0 Å². The maximum absolute atomic E-state index is 11.9. The van der Waals surface area contributed by atoms with Crippen LogP contribution in [0, 0.1) is 6.92 Å². The molecule has 2 N–H and O–H groups in total. The van der Waals surface area contributed by atoms with Gasteiger partial charge in [0.25, 0.3) is 5.56 Å². The zero-order valence-electron chi connectivity index (χ0n) is 11.0. The third-order valence-electron chi connectivity index (χ3n) is 2.82. The molecule has 0 aliphatic heterocycles. The molecular formula is C14H15BrN2O2S. The van der Waals surface area contributed by atoms with Crippen molar-refractivity contribution in [3.8, 4) is 0 Å². The number of rotatable bonds is 5. The lowest BCUT2D eigenvalue weighted by Crippen LogP contribution is -2.19. The van der Waals surface area contributed by atoms with Gasteiger partial charge in [-0.25, -0.2) is 4.98 Å². The van der Waals surface area contributed by atoms with Crippen LogP contribution in [0.25, 0.3) is 0 Å². The van der Waals surface area contributed by atoms with Gasteiger partial charge in [-0.1, -0.05) is 15.9 Å². The average Bonchev–Trinajstić information content (AvgIpc) is 2.42. The van der Waals surface area contributed by atoms with Crippen molar-refractivity contribution in [2.45, 2.75) is 24.0 Å². The molecule has 1 heterocycles. The van der Waals surface area contributed by atoms with Gasteiger partial charge in [0, 0.05) is 33.7 Å². The number of aliphatic hydroxyl groups is 1. The Hall–Kier alpha value is -1.11. The van der Waals surface area contributed by atoms with E-state index < -0.39 is 0 Å². The number of hydrogen-bond acceptors (Lipinski definition) is 4. The summed E-state index contributed by atoms with van der Waals surface area (Å²) in [6, 6.07) is 7.99. The number of nitrogens with zero attached hydrogens (tertiary/aromatic N) is 1. The maximum Gasteiger partial charge on any atom is 0.254 e. The molecule has 0 radical (unpaired) electrons. The first-order valence-electron chi connectivity index (χ1n) is 6.18. The Balaban J connectivity index is 2.10. The maximum atomic E-state index is 11.9. The van der Waals surface area contributed by atoms with Gasteiger partial charge in [0.1, 0.15) is 5.82 Å². The van der Waals surface area contributed by atoms with Gasteiger partial charge in [-0.2, -0.15) is 0 Å². The van der Waals surface area contributed by atoms with Gasteiger partial charge in [0.2, 0.25) is 0 Å². The van der Waals surface area contributed by atoms with E-state index in [0.29, 0.717) is 29.3 Å². The number of benzene rings is 1. The molecule has 0 unspecified atom stereocenters. The number of aliphatic hydroxyl groups excluding tert-OH is 1. The topological polar surface area (TPSA) is 66.0 Å². The molecular weight excluding hydrogens is 340 g/mol. The lowest BCUT2D eigenvalue weighted by molar-refractivity contribution is 0.298. The number of aromatic amines is 1. The number of aryl methyl sites for hydroxylation is 1. The fourth-order valence-corrected chi connectivity index (χ4v) is 2.86. The second-order valence-electron chi connectivity index (χ2n) is 4.29. The Morgan fingerprint density at radius 1 is 1.35 bits per heavy atom. The quantitative estimate of drug-likeness (QED) is 0.810. The molecule has 0 fully saturated rings. The smallest absolute Gasteiger partial charge is 0.254 e. The first-order chi connectivity index (χ1) is 9.60. The summed E-state index contributed by atoms with van der Waals surface area (Å²) >= 11 is 5.01. The molecule has 1 aromatic carbocycles. The number of aromatic nitrogens is 2. The van der Waals surface area contributed by atoms with Crippen LogP contribution in [0.4, 0.5) is 0 Å². The van der Waals surface area contributed by atoms with Gasteiger partial charge in [-0.3, -0.25) is 4.79 Å². The number of H-pyrrole nitrogens is 1. The molecule has 0 saturated carbocycles. The summed E-state index contributed by atoms with van der Waals surface area (Å²) in [5.74, 6) is 1.26. The van der Waals surface area contributed by atoms with Crippen LogP contribution in [-0.4, -0.2) is 21.7 Å². The van der Waals surface area contributed by atoms with Crippen LogP contribution in [0.15, 0.2) is 38.4 Å². The van der Waals surface area contributed by atoms with Crippen LogP contribution in [0.2, 0.25) is 0 Å². The molecule has 0 atom stereocenters. The Morgan fingerprint density at radius 3 is 2.65 bits per heavy atom. The van der Waals surface area contributed by atoms with Crippen molar-refractivity contribution >= 4 is 27.7 Å². The summed E-state index contributed by atoms with van der Waals surface area (Å²) in [5.41, 5.74) is 1.09. The molecule has 0 spiro atoms. The number of halogens is 1. The van der Waals surface area contributed by atoms with E-state index in [9.17, 15) is 4.79 Å². The van der Waals surface area contributed by atoms with E-state index in [1.807, 2.05) is 24.3 Å². The second kappa shape index (κ2) is 7.06. The standard InChI is InChI=1S/C14H15BrN2O2S/c1-9-12(6-7-18)14(19)17-13(16-9)8-20-11-4-2-10(15)3-5-11/h2-5,18H,6-8H2,1H3,(H,16,17,19). The van der Waals surface area contributed by atoms with Gasteiger partial charge in [0.15, 0.2) is 0 Å². The van der Waals surface area contributed by atoms with Gasteiger partial charge >= 0.3 is 0 Å². The summed E-state index contributed by atoms with van der Waals surface area (Å²) < 4.78 is 1.04. The molecule has 2 rings (SSSR count). The SMILES string of the molecule is Cc1nc(CSc2ccc(Br)cc2)[nH]c(=O)c1CCO. The van der Waals surface area contributed by atoms with Gasteiger partial charge in [0.05, 0.1) is 5.75 Å². The van der Waals surface area contributed by atoms with Crippen molar-refractivity contribution in [2.24, 2.45) is 0 Å². The fraction of sp³-hybridized carbons (Fsp3) is 0.286. The largest absolute Gasteiger partial charge is 0.396 e. The Labute approximate surface area is 129 Å². The predicted octanol–water partition coefficient (Wildman–Crippen LogP) is 2.67. The van der Waals surface area contributed by atoms with E-state index in [0.717, 1.165) is 9.37 Å². The van der Waals surface area contributed by atoms with Gasteiger partial charge in [-0.15, -0.1) is 11.8 Å². The Bertz CT molecular complexity index is 641. The number of hydrogen-bond donors (Lipinski definition) is 2. The number of thioether (sulfide) groups is 1. The third-order valence-corrected chi connectivity index (χ3v) is 4.37. The van der Waals surface area contributed by atoms with Crippen LogP contribution in [0.5, 0.6) is 0 Å². The average molecular weight is 355 g/mol. The molecule has 0 aliphatic rings. The normalized spacial score (nSPS) is 10.8.